The topological polar surface area (TPSA) is 131 Å². The van der Waals surface area contributed by atoms with Gasteiger partial charge >= 0.3 is 11.9 Å². The number of carbonyl (C=O) groups excluding carboxylic acids is 2. The largest absolute Gasteiger partial charge is 0.466 e. The number of methoxy groups -OCH3 is 2. The van der Waals surface area contributed by atoms with Gasteiger partial charge in [-0.1, -0.05) is 30.3 Å². The minimum atomic E-state index is -0.927. The Hall–Kier alpha value is -4.71. The van der Waals surface area contributed by atoms with Crippen molar-refractivity contribution in [2.75, 3.05) is 19.1 Å². The monoisotopic (exact) mass is 469 g/mol. The van der Waals surface area contributed by atoms with Gasteiger partial charge in [-0.2, -0.15) is 5.26 Å². The van der Waals surface area contributed by atoms with Gasteiger partial charge in [0.2, 0.25) is 0 Å². The maximum Gasteiger partial charge on any atom is 0.355 e. The summed E-state index contributed by atoms with van der Waals surface area (Å²) < 4.78 is 10.1. The molecule has 1 aliphatic rings. The number of benzene rings is 2. The summed E-state index contributed by atoms with van der Waals surface area (Å²) in [4.78, 5) is 36.7. The molecule has 2 aromatic carbocycles. The van der Waals surface area contributed by atoms with Crippen LogP contribution in [0.5, 0.6) is 0 Å². The summed E-state index contributed by atoms with van der Waals surface area (Å²) in [5.41, 5.74) is 10.2. The molecule has 1 aromatic heterocycles. The van der Waals surface area contributed by atoms with Gasteiger partial charge < -0.3 is 15.2 Å². The molecule has 1 atom stereocenters. The average molecular weight is 470 g/mol. The average Bonchev–Trinajstić information content (AvgIpc) is 2.88. The molecule has 2 heterocycles. The molecule has 0 saturated heterocycles. The predicted octanol–water partition coefficient (Wildman–Crippen LogP) is 3.14. The fraction of sp³-hybridized carbons (Fsp3) is 0.192. The van der Waals surface area contributed by atoms with Crippen LogP contribution in [0.3, 0.4) is 0 Å². The third-order valence-electron chi connectivity index (χ3n) is 5.93. The number of esters is 2. The number of rotatable bonds is 4. The molecule has 0 amide bonds. The molecule has 9 heteroatoms. The second-order valence-corrected chi connectivity index (χ2v) is 7.90. The van der Waals surface area contributed by atoms with Crippen molar-refractivity contribution in [2.45, 2.75) is 19.8 Å². The molecule has 0 saturated carbocycles. The zero-order chi connectivity index (χ0) is 25.3. The molecule has 0 fully saturated rings. The molecule has 1 aliphatic heterocycles. The number of aryl methyl sites for hydroxylation is 2. The van der Waals surface area contributed by atoms with Crippen molar-refractivity contribution in [1.82, 2.24) is 9.97 Å². The number of nitrogens with two attached hydrogens (primary N) is 1. The lowest BCUT2D eigenvalue weighted by Gasteiger charge is -2.35. The Kier molecular flexibility index (Phi) is 6.21. The number of nitrogens with zero attached hydrogens (tertiary/aromatic N) is 4. The van der Waals surface area contributed by atoms with Crippen molar-refractivity contribution < 1.29 is 19.1 Å². The maximum atomic E-state index is 13.1. The SMILES string of the molecule is COC(=O)C1=C(C(=O)OC)N(c2ccc3nc(C)c(C)nc3c2)C(N)=C(C#N)C1c1ccccc1. The molecule has 176 valence electrons. The van der Waals surface area contributed by atoms with E-state index in [0.717, 1.165) is 11.4 Å². The Morgan fingerprint density at radius 2 is 1.60 bits per heavy atom. The van der Waals surface area contributed by atoms with E-state index >= 15 is 0 Å². The zero-order valence-corrected chi connectivity index (χ0v) is 19.7. The van der Waals surface area contributed by atoms with Crippen LogP contribution in [0.4, 0.5) is 5.69 Å². The fourth-order valence-corrected chi connectivity index (χ4v) is 4.14. The highest BCUT2D eigenvalue weighted by atomic mass is 16.5. The van der Waals surface area contributed by atoms with Crippen LogP contribution in [-0.4, -0.2) is 36.1 Å². The molecule has 0 radical (unpaired) electrons. The van der Waals surface area contributed by atoms with Crippen molar-refractivity contribution in [2.24, 2.45) is 5.73 Å². The first-order chi connectivity index (χ1) is 16.8. The van der Waals surface area contributed by atoms with Crippen LogP contribution in [0.2, 0.25) is 0 Å². The number of ether oxygens (including phenoxy) is 2. The van der Waals surface area contributed by atoms with Gasteiger partial charge in [0.15, 0.2) is 0 Å². The molecule has 35 heavy (non-hydrogen) atoms. The summed E-state index contributed by atoms with van der Waals surface area (Å²) in [5, 5.41) is 10.1. The maximum absolute atomic E-state index is 13.1. The molecule has 1 unspecified atom stereocenters. The van der Waals surface area contributed by atoms with Crippen molar-refractivity contribution in [3.8, 4) is 6.07 Å². The van der Waals surface area contributed by atoms with Crippen LogP contribution >= 0.6 is 0 Å². The van der Waals surface area contributed by atoms with Gasteiger partial charge in [0.25, 0.3) is 0 Å². The highest BCUT2D eigenvalue weighted by molar-refractivity contribution is 6.06. The highest BCUT2D eigenvalue weighted by Gasteiger charge is 2.43. The highest BCUT2D eigenvalue weighted by Crippen LogP contribution is 2.43. The van der Waals surface area contributed by atoms with E-state index in [0.29, 0.717) is 22.3 Å². The lowest BCUT2D eigenvalue weighted by Crippen LogP contribution is -2.40. The summed E-state index contributed by atoms with van der Waals surface area (Å²) in [6, 6.07) is 16.1. The summed E-state index contributed by atoms with van der Waals surface area (Å²) in [7, 11) is 2.42. The number of fused-ring (bicyclic) bond motifs is 1. The summed E-state index contributed by atoms with van der Waals surface area (Å²) in [6.45, 7) is 3.71. The Bertz CT molecular complexity index is 1450. The van der Waals surface area contributed by atoms with E-state index in [2.05, 4.69) is 16.0 Å². The Morgan fingerprint density at radius 3 is 2.20 bits per heavy atom. The number of hydrogen-bond acceptors (Lipinski definition) is 9. The van der Waals surface area contributed by atoms with Crippen molar-refractivity contribution in [3.63, 3.8) is 0 Å². The summed E-state index contributed by atoms with van der Waals surface area (Å²) in [5.74, 6) is -2.52. The smallest absolute Gasteiger partial charge is 0.355 e. The first-order valence-electron chi connectivity index (χ1n) is 10.7. The standard InChI is InChI=1S/C26H23N5O4/c1-14-15(2)30-20-12-17(10-11-19(20)29-14)31-23(26(33)35-4)22(25(32)34-3)21(18(13-27)24(31)28)16-8-6-5-7-9-16/h5-12,21H,28H2,1-4H3. The van der Waals surface area contributed by atoms with Crippen LogP contribution in [0, 0.1) is 25.2 Å². The van der Waals surface area contributed by atoms with E-state index < -0.39 is 17.9 Å². The summed E-state index contributed by atoms with van der Waals surface area (Å²) in [6.07, 6.45) is 0. The molecule has 2 N–H and O–H groups in total. The van der Waals surface area contributed by atoms with Crippen molar-refractivity contribution >= 4 is 28.7 Å². The fourth-order valence-electron chi connectivity index (χ4n) is 4.14. The molecule has 0 bridgehead atoms. The van der Waals surface area contributed by atoms with Crippen LogP contribution in [0.15, 0.2) is 71.2 Å². The molecular formula is C26H23N5O4. The number of hydrogen-bond donors (Lipinski definition) is 1. The molecular weight excluding hydrogens is 446 g/mol. The number of nitriles is 1. The van der Waals surface area contributed by atoms with Crippen molar-refractivity contribution in [1.29, 1.82) is 5.26 Å². The van der Waals surface area contributed by atoms with Gasteiger partial charge in [-0.25, -0.2) is 19.6 Å². The van der Waals surface area contributed by atoms with E-state index in [1.54, 1.807) is 48.5 Å². The molecule has 9 nitrogen and oxygen atoms in total. The van der Waals surface area contributed by atoms with Gasteiger partial charge in [-0.15, -0.1) is 0 Å². The van der Waals surface area contributed by atoms with Crippen LogP contribution in [0.1, 0.15) is 22.9 Å². The van der Waals surface area contributed by atoms with E-state index in [1.165, 1.54) is 19.1 Å². The Balaban J connectivity index is 2.06. The number of anilines is 1. The third kappa shape index (κ3) is 3.95. The normalized spacial score (nSPS) is 15.7. The zero-order valence-electron chi connectivity index (χ0n) is 19.7. The van der Waals surface area contributed by atoms with Crippen LogP contribution in [0.25, 0.3) is 11.0 Å². The molecule has 0 aliphatic carbocycles. The van der Waals surface area contributed by atoms with Gasteiger partial charge in [-0.05, 0) is 37.6 Å². The molecule has 0 spiro atoms. The van der Waals surface area contributed by atoms with Crippen molar-refractivity contribution in [3.05, 3.63) is 88.1 Å². The predicted molar refractivity (Wildman–Crippen MR) is 129 cm³/mol. The Labute approximate surface area is 202 Å². The summed E-state index contributed by atoms with van der Waals surface area (Å²) >= 11 is 0. The third-order valence-corrected chi connectivity index (χ3v) is 5.93. The quantitative estimate of drug-likeness (QED) is 0.572. The lowest BCUT2D eigenvalue weighted by atomic mass is 9.81. The first-order valence-corrected chi connectivity index (χ1v) is 10.7. The van der Waals surface area contributed by atoms with Crippen LogP contribution < -0.4 is 10.6 Å². The van der Waals surface area contributed by atoms with Crippen LogP contribution in [-0.2, 0) is 19.1 Å². The van der Waals surface area contributed by atoms with Gasteiger partial charge in [0.1, 0.15) is 11.5 Å². The number of aromatic nitrogens is 2. The van der Waals surface area contributed by atoms with E-state index in [4.69, 9.17) is 15.2 Å². The van der Waals surface area contributed by atoms with Gasteiger partial charge in [0.05, 0.1) is 65.5 Å². The van der Waals surface area contributed by atoms with E-state index in [-0.39, 0.29) is 22.7 Å². The molecule has 4 rings (SSSR count). The lowest BCUT2D eigenvalue weighted by molar-refractivity contribution is -0.139. The first kappa shape index (κ1) is 23.4. The minimum absolute atomic E-state index is 0.00875. The van der Waals surface area contributed by atoms with E-state index in [9.17, 15) is 14.9 Å². The van der Waals surface area contributed by atoms with E-state index in [1.807, 2.05) is 13.8 Å². The van der Waals surface area contributed by atoms with Gasteiger partial charge in [-0.3, -0.25) is 4.90 Å². The molecule has 3 aromatic rings. The second kappa shape index (κ2) is 9.27. The number of carbonyl (C=O) groups is 2. The minimum Gasteiger partial charge on any atom is -0.466 e. The second-order valence-electron chi connectivity index (χ2n) is 7.90. The number of allylic oxidation sites excluding steroid dienone is 1. The Morgan fingerprint density at radius 1 is 0.971 bits per heavy atom. The van der Waals surface area contributed by atoms with Gasteiger partial charge in [0, 0.05) is 0 Å².